The maximum Gasteiger partial charge on any atom is 0.191 e. The molecular formula is C21H16N4OS. The van der Waals surface area contributed by atoms with Gasteiger partial charge in [0.05, 0.1) is 36.2 Å². The van der Waals surface area contributed by atoms with Crippen molar-refractivity contribution in [3.05, 3.63) is 78.1 Å². The number of nitrogens with zero attached hydrogens (tertiary/aromatic N) is 4. The van der Waals surface area contributed by atoms with Crippen LogP contribution in [0.4, 0.5) is 10.8 Å². The van der Waals surface area contributed by atoms with Gasteiger partial charge in [-0.05, 0) is 35.9 Å². The molecule has 5 nitrogen and oxygen atoms in total. The zero-order chi connectivity index (χ0) is 18.6. The molecule has 4 aromatic rings. The van der Waals surface area contributed by atoms with Crippen molar-refractivity contribution in [3.63, 3.8) is 0 Å². The summed E-state index contributed by atoms with van der Waals surface area (Å²) in [7, 11) is 1.66. The van der Waals surface area contributed by atoms with Crippen molar-refractivity contribution in [2.24, 2.45) is 0 Å². The highest BCUT2D eigenvalue weighted by Gasteiger charge is 2.16. The number of rotatable bonds is 5. The molecule has 0 bridgehead atoms. The number of hydrogen-bond acceptors (Lipinski definition) is 6. The molecule has 0 unspecified atom stereocenters. The molecule has 0 saturated heterocycles. The molecule has 0 radical (unpaired) electrons. The lowest BCUT2D eigenvalue weighted by atomic mass is 10.1. The predicted molar refractivity (Wildman–Crippen MR) is 107 cm³/mol. The predicted octanol–water partition coefficient (Wildman–Crippen LogP) is 4.91. The number of nitriles is 1. The van der Waals surface area contributed by atoms with Gasteiger partial charge in [-0.3, -0.25) is 4.98 Å². The molecule has 0 aliphatic rings. The Kier molecular flexibility index (Phi) is 4.69. The highest BCUT2D eigenvalue weighted by molar-refractivity contribution is 7.22. The number of methoxy groups -OCH3 is 1. The third-order valence-corrected chi connectivity index (χ3v) is 5.23. The average Bonchev–Trinajstić information content (AvgIpc) is 3.16. The van der Waals surface area contributed by atoms with Gasteiger partial charge >= 0.3 is 0 Å². The van der Waals surface area contributed by atoms with Gasteiger partial charge < -0.3 is 9.64 Å². The Morgan fingerprint density at radius 1 is 1.15 bits per heavy atom. The third kappa shape index (κ3) is 3.59. The second kappa shape index (κ2) is 7.44. The molecule has 0 spiro atoms. The number of hydrogen-bond donors (Lipinski definition) is 0. The summed E-state index contributed by atoms with van der Waals surface area (Å²) < 4.78 is 6.47. The van der Waals surface area contributed by atoms with Crippen LogP contribution in [0.1, 0.15) is 11.1 Å². The quantitative estimate of drug-likeness (QED) is 0.498. The lowest BCUT2D eigenvalue weighted by Gasteiger charge is -2.22. The first-order valence-electron chi connectivity index (χ1n) is 8.38. The normalized spacial score (nSPS) is 10.5. The summed E-state index contributed by atoms with van der Waals surface area (Å²) in [5.74, 6) is 0.783. The molecule has 2 heterocycles. The first-order valence-corrected chi connectivity index (χ1v) is 9.19. The van der Waals surface area contributed by atoms with Gasteiger partial charge in [0.1, 0.15) is 11.3 Å². The first-order chi connectivity index (χ1) is 13.3. The summed E-state index contributed by atoms with van der Waals surface area (Å²) in [4.78, 5) is 11.1. The first kappa shape index (κ1) is 17.0. The Bertz CT molecular complexity index is 1100. The fourth-order valence-electron chi connectivity index (χ4n) is 2.85. The summed E-state index contributed by atoms with van der Waals surface area (Å²) >= 11 is 1.61. The van der Waals surface area contributed by atoms with Gasteiger partial charge in [0, 0.05) is 18.0 Å². The number of aromatic nitrogens is 2. The summed E-state index contributed by atoms with van der Waals surface area (Å²) in [5, 5.41) is 10.1. The monoisotopic (exact) mass is 372 g/mol. The SMILES string of the molecule is COc1cccc(N(Cc2cccc(C#N)c2)c2nc3cnccc3s2)c1. The summed E-state index contributed by atoms with van der Waals surface area (Å²) in [6.07, 6.45) is 3.55. The maximum atomic E-state index is 9.20. The molecule has 0 aliphatic carbocycles. The van der Waals surface area contributed by atoms with Crippen molar-refractivity contribution in [1.29, 1.82) is 5.26 Å². The molecule has 27 heavy (non-hydrogen) atoms. The van der Waals surface area contributed by atoms with Crippen molar-refractivity contribution in [2.75, 3.05) is 12.0 Å². The van der Waals surface area contributed by atoms with Crippen LogP contribution in [-0.2, 0) is 6.54 Å². The highest BCUT2D eigenvalue weighted by atomic mass is 32.1. The number of benzene rings is 2. The maximum absolute atomic E-state index is 9.20. The van der Waals surface area contributed by atoms with Crippen LogP contribution in [0, 0.1) is 11.3 Å². The second-order valence-corrected chi connectivity index (χ2v) is 6.95. The number of ether oxygens (including phenoxy) is 1. The van der Waals surface area contributed by atoms with Crippen LogP contribution in [0.5, 0.6) is 5.75 Å². The minimum Gasteiger partial charge on any atom is -0.497 e. The van der Waals surface area contributed by atoms with E-state index in [0.29, 0.717) is 12.1 Å². The number of pyridine rings is 1. The smallest absolute Gasteiger partial charge is 0.191 e. The number of fused-ring (bicyclic) bond motifs is 1. The van der Waals surface area contributed by atoms with Gasteiger partial charge in [0.15, 0.2) is 5.13 Å². The van der Waals surface area contributed by atoms with E-state index >= 15 is 0 Å². The van der Waals surface area contributed by atoms with Crippen LogP contribution in [0.3, 0.4) is 0 Å². The fraction of sp³-hybridized carbons (Fsp3) is 0.0952. The van der Waals surface area contributed by atoms with Gasteiger partial charge in [0.2, 0.25) is 0 Å². The molecule has 2 aromatic heterocycles. The molecule has 2 aromatic carbocycles. The van der Waals surface area contributed by atoms with Gasteiger partial charge in [-0.25, -0.2) is 4.98 Å². The Labute approximate surface area is 161 Å². The Morgan fingerprint density at radius 2 is 2.04 bits per heavy atom. The minimum absolute atomic E-state index is 0.593. The standard InChI is InChI=1S/C21H16N4OS/c1-26-18-7-3-6-17(11-18)25(14-16-5-2-4-15(10-16)12-22)21-24-19-13-23-9-8-20(19)27-21/h2-11,13H,14H2,1H3. The summed E-state index contributed by atoms with van der Waals surface area (Å²) in [5.41, 5.74) is 3.53. The van der Waals surface area contributed by atoms with Crippen LogP contribution in [0.2, 0.25) is 0 Å². The lowest BCUT2D eigenvalue weighted by Crippen LogP contribution is -2.16. The van der Waals surface area contributed by atoms with E-state index < -0.39 is 0 Å². The van der Waals surface area contributed by atoms with E-state index in [-0.39, 0.29) is 0 Å². The fourth-order valence-corrected chi connectivity index (χ4v) is 3.81. The highest BCUT2D eigenvalue weighted by Crippen LogP contribution is 2.35. The molecule has 0 fully saturated rings. The van der Waals surface area contributed by atoms with E-state index in [1.807, 2.05) is 54.6 Å². The van der Waals surface area contributed by atoms with E-state index in [9.17, 15) is 5.26 Å². The Morgan fingerprint density at radius 3 is 2.85 bits per heavy atom. The topological polar surface area (TPSA) is 62.0 Å². The molecule has 6 heteroatoms. The molecular weight excluding hydrogens is 356 g/mol. The molecule has 0 atom stereocenters. The van der Waals surface area contributed by atoms with Crippen LogP contribution in [-0.4, -0.2) is 17.1 Å². The van der Waals surface area contributed by atoms with E-state index in [2.05, 4.69) is 16.0 Å². The zero-order valence-corrected chi connectivity index (χ0v) is 15.5. The summed E-state index contributed by atoms with van der Waals surface area (Å²) in [6, 6.07) is 19.7. The van der Waals surface area contributed by atoms with Crippen molar-refractivity contribution >= 4 is 32.4 Å². The molecule has 0 aliphatic heterocycles. The van der Waals surface area contributed by atoms with E-state index in [4.69, 9.17) is 9.72 Å². The molecule has 0 amide bonds. The van der Waals surface area contributed by atoms with Gasteiger partial charge in [-0.1, -0.05) is 29.5 Å². The van der Waals surface area contributed by atoms with Crippen molar-refractivity contribution in [1.82, 2.24) is 9.97 Å². The molecule has 4 rings (SSSR count). The molecule has 0 saturated carbocycles. The second-order valence-electron chi connectivity index (χ2n) is 5.94. The van der Waals surface area contributed by atoms with Gasteiger partial charge in [-0.15, -0.1) is 0 Å². The summed E-state index contributed by atoms with van der Waals surface area (Å²) in [6.45, 7) is 0.593. The molecule has 132 valence electrons. The minimum atomic E-state index is 0.593. The van der Waals surface area contributed by atoms with Crippen LogP contribution in [0.25, 0.3) is 10.2 Å². The van der Waals surface area contributed by atoms with E-state index in [0.717, 1.165) is 32.3 Å². The third-order valence-electron chi connectivity index (χ3n) is 4.17. The Hall–Kier alpha value is -3.43. The Balaban J connectivity index is 1.79. The number of anilines is 2. The van der Waals surface area contributed by atoms with Crippen LogP contribution in [0.15, 0.2) is 67.0 Å². The van der Waals surface area contributed by atoms with Gasteiger partial charge in [0.25, 0.3) is 0 Å². The van der Waals surface area contributed by atoms with E-state index in [1.54, 1.807) is 30.8 Å². The number of thiazole rings is 1. The van der Waals surface area contributed by atoms with Crippen molar-refractivity contribution in [2.45, 2.75) is 6.54 Å². The van der Waals surface area contributed by atoms with Crippen LogP contribution < -0.4 is 9.64 Å². The zero-order valence-electron chi connectivity index (χ0n) is 14.7. The largest absolute Gasteiger partial charge is 0.497 e. The van der Waals surface area contributed by atoms with Crippen molar-refractivity contribution < 1.29 is 4.74 Å². The average molecular weight is 372 g/mol. The lowest BCUT2D eigenvalue weighted by molar-refractivity contribution is 0.415. The van der Waals surface area contributed by atoms with Crippen molar-refractivity contribution in [3.8, 4) is 11.8 Å². The molecule has 0 N–H and O–H groups in total. The van der Waals surface area contributed by atoms with Gasteiger partial charge in [-0.2, -0.15) is 5.26 Å². The van der Waals surface area contributed by atoms with Crippen LogP contribution >= 0.6 is 11.3 Å². The van der Waals surface area contributed by atoms with E-state index in [1.165, 1.54) is 0 Å².